The summed E-state index contributed by atoms with van der Waals surface area (Å²) < 4.78 is 37.2. The number of nitrogens with zero attached hydrogens (tertiary/aromatic N) is 2. The molecule has 0 aromatic heterocycles. The van der Waals surface area contributed by atoms with Gasteiger partial charge in [-0.25, -0.2) is 8.42 Å². The molecular formula is C26H33Cl2N3O6S. The molecule has 2 aromatic carbocycles. The summed E-state index contributed by atoms with van der Waals surface area (Å²) >= 11 is 12.8. The molecule has 0 aliphatic heterocycles. The van der Waals surface area contributed by atoms with Crippen LogP contribution in [0, 0.1) is 0 Å². The van der Waals surface area contributed by atoms with Crippen molar-refractivity contribution < 1.29 is 27.5 Å². The largest absolute Gasteiger partial charge is 0.497 e. The lowest BCUT2D eigenvalue weighted by atomic mass is 10.1. The van der Waals surface area contributed by atoms with Crippen molar-refractivity contribution in [3.05, 3.63) is 52.0 Å². The Hall–Kier alpha value is -2.69. The molecular weight excluding hydrogens is 553 g/mol. The highest BCUT2D eigenvalue weighted by atomic mass is 35.5. The van der Waals surface area contributed by atoms with E-state index in [1.807, 2.05) is 0 Å². The molecule has 1 aliphatic rings. The topological polar surface area (TPSA) is 105 Å². The SMILES string of the molecule is COc1ccc(N(CC(=O)N(Cc2c(Cl)cccc2Cl)[C@@H](C)C(=O)NC2CCCC2)S(C)(=O)=O)c(OC)c1. The molecule has 0 bridgehead atoms. The van der Waals surface area contributed by atoms with Gasteiger partial charge < -0.3 is 19.7 Å². The number of anilines is 1. The first-order chi connectivity index (χ1) is 18.0. The van der Waals surface area contributed by atoms with Crippen molar-refractivity contribution in [3.8, 4) is 11.5 Å². The Balaban J connectivity index is 1.97. The van der Waals surface area contributed by atoms with Crippen LogP contribution in [-0.4, -0.2) is 64.2 Å². The number of methoxy groups -OCH3 is 2. The van der Waals surface area contributed by atoms with Crippen LogP contribution in [0.5, 0.6) is 11.5 Å². The molecule has 2 aromatic rings. The molecule has 0 heterocycles. The fourth-order valence-corrected chi connectivity index (χ4v) is 5.78. The first-order valence-electron chi connectivity index (χ1n) is 12.2. The lowest BCUT2D eigenvalue weighted by molar-refractivity contribution is -0.139. The maximum absolute atomic E-state index is 13.8. The third kappa shape index (κ3) is 7.24. The highest BCUT2D eigenvalue weighted by Crippen LogP contribution is 2.34. The van der Waals surface area contributed by atoms with Crippen molar-refractivity contribution in [2.24, 2.45) is 0 Å². The van der Waals surface area contributed by atoms with E-state index in [4.69, 9.17) is 32.7 Å². The van der Waals surface area contributed by atoms with Crippen LogP contribution in [0.2, 0.25) is 10.0 Å². The molecule has 0 unspecified atom stereocenters. The number of nitrogens with one attached hydrogen (secondary N) is 1. The summed E-state index contributed by atoms with van der Waals surface area (Å²) in [6, 6.07) is 8.67. The molecule has 1 saturated carbocycles. The molecule has 12 heteroatoms. The minimum Gasteiger partial charge on any atom is -0.497 e. The number of rotatable bonds is 11. The maximum Gasteiger partial charge on any atom is 0.244 e. The summed E-state index contributed by atoms with van der Waals surface area (Å²) in [5.41, 5.74) is 0.612. The van der Waals surface area contributed by atoms with Gasteiger partial charge in [0.1, 0.15) is 24.1 Å². The van der Waals surface area contributed by atoms with Crippen LogP contribution in [0.15, 0.2) is 36.4 Å². The van der Waals surface area contributed by atoms with E-state index in [1.54, 1.807) is 31.2 Å². The van der Waals surface area contributed by atoms with E-state index >= 15 is 0 Å². The zero-order valence-corrected chi connectivity index (χ0v) is 24.2. The number of amides is 2. The zero-order valence-electron chi connectivity index (χ0n) is 21.9. The lowest BCUT2D eigenvalue weighted by Gasteiger charge is -2.32. The van der Waals surface area contributed by atoms with E-state index in [9.17, 15) is 18.0 Å². The van der Waals surface area contributed by atoms with Gasteiger partial charge in [-0.15, -0.1) is 0 Å². The van der Waals surface area contributed by atoms with Gasteiger partial charge in [0.25, 0.3) is 0 Å². The molecule has 1 N–H and O–H groups in total. The van der Waals surface area contributed by atoms with Crippen LogP contribution in [0.4, 0.5) is 5.69 Å². The third-order valence-corrected chi connectivity index (χ3v) is 8.43. The third-order valence-electron chi connectivity index (χ3n) is 6.59. The van der Waals surface area contributed by atoms with E-state index in [0.29, 0.717) is 21.4 Å². The molecule has 38 heavy (non-hydrogen) atoms. The van der Waals surface area contributed by atoms with Crippen LogP contribution >= 0.6 is 23.2 Å². The Morgan fingerprint density at radius 1 is 1.08 bits per heavy atom. The molecule has 0 spiro atoms. The summed E-state index contributed by atoms with van der Waals surface area (Å²) in [7, 11) is -1.08. The fourth-order valence-electron chi connectivity index (χ4n) is 4.41. The molecule has 1 fully saturated rings. The van der Waals surface area contributed by atoms with Gasteiger partial charge in [-0.2, -0.15) is 0 Å². The molecule has 1 aliphatic carbocycles. The predicted molar refractivity (Wildman–Crippen MR) is 149 cm³/mol. The average molecular weight is 587 g/mol. The quantitative estimate of drug-likeness (QED) is 0.422. The lowest BCUT2D eigenvalue weighted by Crippen LogP contribution is -2.52. The maximum atomic E-state index is 13.8. The number of hydrogen-bond donors (Lipinski definition) is 1. The standard InChI is InChI=1S/C26H33Cl2N3O6S/c1-17(26(33)29-18-8-5-6-9-18)30(15-20-21(27)10-7-11-22(20)28)25(32)16-31(38(4,34)35)23-13-12-19(36-2)14-24(23)37-3/h7,10-14,17-18H,5-6,8-9,15-16H2,1-4H3,(H,29,33)/t17-/m0/s1. The van der Waals surface area contributed by atoms with Crippen molar-refractivity contribution in [1.29, 1.82) is 0 Å². The molecule has 9 nitrogen and oxygen atoms in total. The Labute approximate surface area is 234 Å². The van der Waals surface area contributed by atoms with E-state index < -0.39 is 28.5 Å². The van der Waals surface area contributed by atoms with Crippen molar-refractivity contribution >= 4 is 50.7 Å². The van der Waals surface area contributed by atoms with Gasteiger partial charge in [-0.3, -0.25) is 13.9 Å². The highest BCUT2D eigenvalue weighted by Gasteiger charge is 2.33. The van der Waals surface area contributed by atoms with Crippen molar-refractivity contribution in [2.45, 2.75) is 51.2 Å². The van der Waals surface area contributed by atoms with E-state index in [1.165, 1.54) is 31.3 Å². The van der Waals surface area contributed by atoms with E-state index in [2.05, 4.69) is 5.32 Å². The van der Waals surface area contributed by atoms with Crippen molar-refractivity contribution in [2.75, 3.05) is 31.3 Å². The summed E-state index contributed by atoms with van der Waals surface area (Å²) in [6.45, 7) is 0.935. The Kier molecular flexibility index (Phi) is 10.1. The minimum atomic E-state index is -3.94. The van der Waals surface area contributed by atoms with E-state index in [-0.39, 0.29) is 29.9 Å². The molecule has 3 rings (SSSR count). The van der Waals surface area contributed by atoms with E-state index in [0.717, 1.165) is 36.2 Å². The molecule has 0 radical (unpaired) electrons. The second-order valence-electron chi connectivity index (χ2n) is 9.20. The van der Waals surface area contributed by atoms with Gasteiger partial charge in [-0.1, -0.05) is 42.1 Å². The Morgan fingerprint density at radius 2 is 1.71 bits per heavy atom. The van der Waals surface area contributed by atoms with Crippen LogP contribution in [0.25, 0.3) is 0 Å². The van der Waals surface area contributed by atoms with Gasteiger partial charge in [0, 0.05) is 34.3 Å². The van der Waals surface area contributed by atoms with Gasteiger partial charge in [-0.05, 0) is 44.0 Å². The summed E-state index contributed by atoms with van der Waals surface area (Å²) in [6.07, 6.45) is 4.81. The smallest absolute Gasteiger partial charge is 0.244 e. The van der Waals surface area contributed by atoms with Crippen LogP contribution < -0.4 is 19.1 Å². The second-order valence-corrected chi connectivity index (χ2v) is 11.9. The number of benzene rings is 2. The first kappa shape index (κ1) is 29.9. The fraction of sp³-hybridized carbons (Fsp3) is 0.462. The minimum absolute atomic E-state index is 0.0434. The van der Waals surface area contributed by atoms with Crippen LogP contribution in [0.3, 0.4) is 0 Å². The summed E-state index contributed by atoms with van der Waals surface area (Å²) in [4.78, 5) is 28.3. The van der Waals surface area contributed by atoms with Gasteiger partial charge in [0.15, 0.2) is 0 Å². The summed E-state index contributed by atoms with van der Waals surface area (Å²) in [5.74, 6) is -0.285. The molecule has 208 valence electrons. The monoisotopic (exact) mass is 585 g/mol. The molecule has 0 saturated heterocycles. The molecule has 2 amide bonds. The predicted octanol–water partition coefficient (Wildman–Crippen LogP) is 4.25. The van der Waals surface area contributed by atoms with Gasteiger partial charge >= 0.3 is 0 Å². The number of ether oxygens (including phenoxy) is 2. The number of hydrogen-bond acceptors (Lipinski definition) is 6. The Morgan fingerprint density at radius 3 is 2.26 bits per heavy atom. The highest BCUT2D eigenvalue weighted by molar-refractivity contribution is 7.92. The average Bonchev–Trinajstić information content (AvgIpc) is 3.38. The first-order valence-corrected chi connectivity index (χ1v) is 14.8. The number of sulfonamides is 1. The van der Waals surface area contributed by atoms with Gasteiger partial charge in [0.05, 0.1) is 26.2 Å². The zero-order chi connectivity index (χ0) is 28.0. The number of carbonyl (C=O) groups excluding carboxylic acids is 2. The Bertz CT molecular complexity index is 1250. The second kappa shape index (κ2) is 12.9. The van der Waals surface area contributed by atoms with Crippen LogP contribution in [0.1, 0.15) is 38.2 Å². The van der Waals surface area contributed by atoms with Crippen LogP contribution in [-0.2, 0) is 26.2 Å². The number of carbonyl (C=O) groups is 2. The van der Waals surface area contributed by atoms with Gasteiger partial charge in [0.2, 0.25) is 21.8 Å². The van der Waals surface area contributed by atoms with Crippen molar-refractivity contribution in [3.63, 3.8) is 0 Å². The normalized spacial score (nSPS) is 14.6. The molecule has 1 atom stereocenters. The number of halogens is 2. The van der Waals surface area contributed by atoms with Crippen molar-refractivity contribution in [1.82, 2.24) is 10.2 Å². The summed E-state index contributed by atoms with van der Waals surface area (Å²) in [5, 5.41) is 3.67.